The quantitative estimate of drug-likeness (QED) is 0.576. The molecule has 7 nitrogen and oxygen atoms in total. The van der Waals surface area contributed by atoms with E-state index in [1.807, 2.05) is 24.3 Å². The molecule has 2 aromatic carbocycles. The molecule has 0 spiro atoms. The molecular weight excluding hydrogens is 432 g/mol. The normalized spacial score (nSPS) is 22.2. The average Bonchev–Trinajstić information content (AvgIpc) is 3.42. The van der Waals surface area contributed by atoms with Gasteiger partial charge in [0.15, 0.2) is 0 Å². The molecule has 2 aromatic rings. The van der Waals surface area contributed by atoms with Crippen molar-refractivity contribution in [3.63, 3.8) is 0 Å². The lowest BCUT2D eigenvalue weighted by atomic mass is 9.79. The minimum atomic E-state index is -0.825. The van der Waals surface area contributed by atoms with E-state index in [4.69, 9.17) is 4.74 Å². The average molecular weight is 463 g/mol. The maximum atomic E-state index is 12.5. The molecule has 178 valence electrons. The first-order valence-electron chi connectivity index (χ1n) is 12.1. The minimum Gasteiger partial charge on any atom is -0.481 e. The molecule has 3 aliphatic carbocycles. The number of rotatable bonds is 7. The van der Waals surface area contributed by atoms with Gasteiger partial charge in [0.1, 0.15) is 6.61 Å². The number of aliphatic carboxylic acids is 1. The number of fused-ring (bicyclic) bond motifs is 3. The van der Waals surface area contributed by atoms with Crippen LogP contribution in [0.3, 0.4) is 0 Å². The van der Waals surface area contributed by atoms with Gasteiger partial charge in [0.25, 0.3) is 0 Å². The van der Waals surface area contributed by atoms with Crippen LogP contribution in [0.15, 0.2) is 48.5 Å². The van der Waals surface area contributed by atoms with Crippen LogP contribution in [-0.4, -0.2) is 42.3 Å². The summed E-state index contributed by atoms with van der Waals surface area (Å²) in [5, 5.41) is 15.3. The van der Waals surface area contributed by atoms with E-state index in [9.17, 15) is 19.5 Å². The monoisotopic (exact) mass is 462 g/mol. The summed E-state index contributed by atoms with van der Waals surface area (Å²) in [4.78, 5) is 36.5. The Morgan fingerprint density at radius 2 is 1.53 bits per heavy atom. The van der Waals surface area contributed by atoms with Crippen molar-refractivity contribution in [2.45, 2.75) is 50.5 Å². The number of carboxylic acid groups (broad SMARTS) is 1. The van der Waals surface area contributed by atoms with Gasteiger partial charge in [-0.15, -0.1) is 0 Å². The maximum absolute atomic E-state index is 12.5. The van der Waals surface area contributed by atoms with Gasteiger partial charge >= 0.3 is 12.1 Å². The van der Waals surface area contributed by atoms with Crippen LogP contribution >= 0.6 is 0 Å². The molecule has 0 unspecified atom stereocenters. The van der Waals surface area contributed by atoms with E-state index in [1.54, 1.807) is 0 Å². The van der Waals surface area contributed by atoms with Gasteiger partial charge in [-0.25, -0.2) is 4.79 Å². The van der Waals surface area contributed by atoms with Crippen LogP contribution in [0, 0.1) is 11.3 Å². The Hall–Kier alpha value is -3.35. The van der Waals surface area contributed by atoms with Crippen LogP contribution in [0.5, 0.6) is 0 Å². The predicted molar refractivity (Wildman–Crippen MR) is 126 cm³/mol. The van der Waals surface area contributed by atoms with Crippen molar-refractivity contribution in [2.24, 2.45) is 11.3 Å². The van der Waals surface area contributed by atoms with E-state index in [1.165, 1.54) is 22.3 Å². The number of carbonyl (C=O) groups is 3. The zero-order valence-electron chi connectivity index (χ0n) is 19.1. The fourth-order valence-corrected chi connectivity index (χ4v) is 5.68. The standard InChI is InChI=1S/C27H30N2O5/c30-24(28-16-27(25(31)32)11-5-6-12-27)17-13-18(14-17)29-26(33)34-15-23-21-9-3-1-7-19(21)20-8-2-4-10-22(20)23/h1-4,7-10,17-18,23H,5-6,11-16H2,(H,28,30)(H,29,33)(H,31,32). The van der Waals surface area contributed by atoms with E-state index in [0.717, 1.165) is 12.8 Å². The topological polar surface area (TPSA) is 105 Å². The van der Waals surface area contributed by atoms with Crippen LogP contribution in [-0.2, 0) is 14.3 Å². The molecular formula is C27H30N2O5. The first-order chi connectivity index (χ1) is 16.5. The fourth-order valence-electron chi connectivity index (χ4n) is 5.68. The minimum absolute atomic E-state index is 0.00945. The van der Waals surface area contributed by atoms with Crippen LogP contribution in [0.25, 0.3) is 11.1 Å². The van der Waals surface area contributed by atoms with Gasteiger partial charge in [-0.05, 0) is 47.9 Å². The molecule has 0 bridgehead atoms. The van der Waals surface area contributed by atoms with E-state index >= 15 is 0 Å². The van der Waals surface area contributed by atoms with Gasteiger partial charge < -0.3 is 20.5 Å². The highest BCUT2D eigenvalue weighted by Gasteiger charge is 2.43. The number of carbonyl (C=O) groups excluding carboxylic acids is 2. The maximum Gasteiger partial charge on any atom is 0.407 e. The molecule has 0 saturated heterocycles. The predicted octanol–water partition coefficient (Wildman–Crippen LogP) is 4.06. The molecule has 3 N–H and O–H groups in total. The summed E-state index contributed by atoms with van der Waals surface area (Å²) in [6, 6.07) is 16.3. The summed E-state index contributed by atoms with van der Waals surface area (Å²) in [5.41, 5.74) is 3.87. The highest BCUT2D eigenvalue weighted by molar-refractivity contribution is 5.82. The van der Waals surface area contributed by atoms with Crippen LogP contribution in [0.2, 0.25) is 0 Å². The van der Waals surface area contributed by atoms with Crippen molar-refractivity contribution in [3.05, 3.63) is 59.7 Å². The number of amides is 2. The largest absolute Gasteiger partial charge is 0.481 e. The summed E-state index contributed by atoms with van der Waals surface area (Å²) in [6.45, 7) is 0.440. The number of hydrogen-bond donors (Lipinski definition) is 3. The molecule has 0 aliphatic heterocycles. The summed E-state index contributed by atoms with van der Waals surface area (Å²) < 4.78 is 5.58. The lowest BCUT2D eigenvalue weighted by molar-refractivity contribution is -0.148. The fraction of sp³-hybridized carbons (Fsp3) is 0.444. The van der Waals surface area contributed by atoms with E-state index in [0.29, 0.717) is 25.7 Å². The number of benzene rings is 2. The summed E-state index contributed by atoms with van der Waals surface area (Å²) in [5.74, 6) is -1.15. The Morgan fingerprint density at radius 1 is 0.941 bits per heavy atom. The molecule has 0 aromatic heterocycles. The van der Waals surface area contributed by atoms with Gasteiger partial charge in [0, 0.05) is 24.4 Å². The second kappa shape index (κ2) is 9.12. The molecule has 5 rings (SSSR count). The second-order valence-electron chi connectivity index (χ2n) is 9.85. The zero-order chi connectivity index (χ0) is 23.7. The highest BCUT2D eigenvalue weighted by Crippen LogP contribution is 2.44. The Kier molecular flexibility index (Phi) is 6.02. The smallest absolute Gasteiger partial charge is 0.407 e. The summed E-state index contributed by atoms with van der Waals surface area (Å²) in [6.07, 6.45) is 3.60. The second-order valence-corrected chi connectivity index (χ2v) is 9.85. The number of alkyl carbamates (subject to hydrolysis) is 1. The van der Waals surface area contributed by atoms with Gasteiger partial charge in [0.05, 0.1) is 5.41 Å². The lowest BCUT2D eigenvalue weighted by Crippen LogP contribution is -2.51. The van der Waals surface area contributed by atoms with Gasteiger partial charge in [0.2, 0.25) is 5.91 Å². The van der Waals surface area contributed by atoms with Gasteiger partial charge in [-0.3, -0.25) is 9.59 Å². The number of ether oxygens (including phenoxy) is 1. The molecule has 3 aliphatic rings. The Balaban J connectivity index is 1.08. The summed E-state index contributed by atoms with van der Waals surface area (Å²) >= 11 is 0. The Labute approximate surface area is 198 Å². The number of carboxylic acids is 1. The molecule has 2 amide bonds. The van der Waals surface area contributed by atoms with Gasteiger partial charge in [-0.1, -0.05) is 61.4 Å². The number of nitrogens with one attached hydrogen (secondary N) is 2. The third-order valence-electron chi connectivity index (χ3n) is 7.79. The molecule has 34 heavy (non-hydrogen) atoms. The van der Waals surface area contributed by atoms with E-state index in [2.05, 4.69) is 34.9 Å². The Morgan fingerprint density at radius 3 is 2.12 bits per heavy atom. The van der Waals surface area contributed by atoms with Gasteiger partial charge in [-0.2, -0.15) is 0 Å². The molecule has 7 heteroatoms. The van der Waals surface area contributed by atoms with Crippen molar-refractivity contribution in [2.75, 3.05) is 13.2 Å². The third kappa shape index (κ3) is 4.15. The van der Waals surface area contributed by atoms with Crippen molar-refractivity contribution in [1.29, 1.82) is 0 Å². The third-order valence-corrected chi connectivity index (χ3v) is 7.79. The first kappa shape index (κ1) is 22.4. The number of hydrogen-bond acceptors (Lipinski definition) is 4. The first-order valence-corrected chi connectivity index (χ1v) is 12.1. The zero-order valence-corrected chi connectivity index (χ0v) is 19.1. The highest BCUT2D eigenvalue weighted by atomic mass is 16.5. The summed E-state index contributed by atoms with van der Waals surface area (Å²) in [7, 11) is 0. The van der Waals surface area contributed by atoms with Crippen molar-refractivity contribution >= 4 is 18.0 Å². The Bertz CT molecular complexity index is 1060. The van der Waals surface area contributed by atoms with Crippen LogP contribution < -0.4 is 10.6 Å². The van der Waals surface area contributed by atoms with E-state index < -0.39 is 17.5 Å². The molecule has 0 radical (unpaired) electrons. The molecule has 2 saturated carbocycles. The van der Waals surface area contributed by atoms with E-state index in [-0.39, 0.29) is 36.9 Å². The molecule has 0 heterocycles. The van der Waals surface area contributed by atoms with Crippen LogP contribution in [0.4, 0.5) is 4.79 Å². The van der Waals surface area contributed by atoms with Crippen molar-refractivity contribution in [3.8, 4) is 11.1 Å². The SMILES string of the molecule is O=C(NC1CC(C(=O)NCC2(C(=O)O)CCCC2)C1)OCC1c2ccccc2-c2ccccc21. The van der Waals surface area contributed by atoms with Crippen LogP contribution in [0.1, 0.15) is 55.6 Å². The molecule has 2 fully saturated rings. The van der Waals surface area contributed by atoms with Crippen molar-refractivity contribution < 1.29 is 24.2 Å². The lowest BCUT2D eigenvalue weighted by Gasteiger charge is -2.35. The molecule has 0 atom stereocenters. The van der Waals surface area contributed by atoms with Crippen molar-refractivity contribution in [1.82, 2.24) is 10.6 Å².